The van der Waals surface area contributed by atoms with E-state index in [1.54, 1.807) is 23.1 Å². The molecule has 0 radical (unpaired) electrons. The molecule has 0 spiro atoms. The number of para-hydroxylation sites is 1. The van der Waals surface area contributed by atoms with Gasteiger partial charge in [0.25, 0.3) is 5.91 Å². The lowest BCUT2D eigenvalue weighted by Gasteiger charge is -2.21. The van der Waals surface area contributed by atoms with Crippen LogP contribution in [0.4, 0.5) is 0 Å². The highest BCUT2D eigenvalue weighted by Crippen LogP contribution is 2.26. The first-order chi connectivity index (χ1) is 13.5. The largest absolute Gasteiger partial charge is 0.355 e. The van der Waals surface area contributed by atoms with Gasteiger partial charge < -0.3 is 10.2 Å². The molecule has 28 heavy (non-hydrogen) atoms. The first-order valence-electron chi connectivity index (χ1n) is 9.25. The standard InChI is InChI=1S/C22H22ClN3O2/c1-3-24-21(27)14-26(4-2)22(28)18-13-20(15-9-11-16(23)12-10-15)25-19-8-6-5-7-17(18)19/h5-13H,3-4,14H2,1-2H3,(H,24,27). The maximum absolute atomic E-state index is 13.3. The van der Waals surface area contributed by atoms with E-state index in [9.17, 15) is 9.59 Å². The third-order valence-corrected chi connectivity index (χ3v) is 4.72. The number of aromatic nitrogens is 1. The Morgan fingerprint density at radius 2 is 1.79 bits per heavy atom. The molecule has 0 saturated carbocycles. The zero-order chi connectivity index (χ0) is 20.1. The number of benzene rings is 2. The molecule has 1 heterocycles. The van der Waals surface area contributed by atoms with Crippen molar-refractivity contribution in [2.75, 3.05) is 19.6 Å². The molecule has 2 aromatic carbocycles. The van der Waals surface area contributed by atoms with Crippen LogP contribution in [0.15, 0.2) is 54.6 Å². The van der Waals surface area contributed by atoms with Crippen LogP contribution in [0.1, 0.15) is 24.2 Å². The number of hydrogen-bond donors (Lipinski definition) is 1. The predicted octanol–water partition coefficient (Wildman–Crippen LogP) is 4.15. The maximum Gasteiger partial charge on any atom is 0.255 e. The second-order valence-electron chi connectivity index (χ2n) is 6.35. The lowest BCUT2D eigenvalue weighted by molar-refractivity contribution is -0.121. The quantitative estimate of drug-likeness (QED) is 0.681. The highest BCUT2D eigenvalue weighted by atomic mass is 35.5. The summed E-state index contributed by atoms with van der Waals surface area (Å²) in [7, 11) is 0. The molecule has 0 atom stereocenters. The SMILES string of the molecule is CCNC(=O)CN(CC)C(=O)c1cc(-c2ccc(Cl)cc2)nc2ccccc12. The zero-order valence-electron chi connectivity index (χ0n) is 15.9. The van der Waals surface area contributed by atoms with Gasteiger partial charge in [-0.25, -0.2) is 4.98 Å². The van der Waals surface area contributed by atoms with Crippen LogP contribution in [0.3, 0.4) is 0 Å². The summed E-state index contributed by atoms with van der Waals surface area (Å²) in [5.74, 6) is -0.364. The summed E-state index contributed by atoms with van der Waals surface area (Å²) >= 11 is 5.99. The average molecular weight is 396 g/mol. The van der Waals surface area contributed by atoms with Crippen molar-refractivity contribution >= 4 is 34.3 Å². The van der Waals surface area contributed by atoms with Gasteiger partial charge in [0.1, 0.15) is 0 Å². The molecule has 1 N–H and O–H groups in total. The van der Waals surface area contributed by atoms with Gasteiger partial charge in [-0.1, -0.05) is 41.9 Å². The monoisotopic (exact) mass is 395 g/mol. The molecule has 0 saturated heterocycles. The average Bonchev–Trinajstić information content (AvgIpc) is 2.71. The van der Waals surface area contributed by atoms with Crippen molar-refractivity contribution in [3.8, 4) is 11.3 Å². The van der Waals surface area contributed by atoms with E-state index in [2.05, 4.69) is 5.32 Å². The van der Waals surface area contributed by atoms with E-state index in [4.69, 9.17) is 16.6 Å². The number of carbonyl (C=O) groups is 2. The second kappa shape index (κ2) is 8.85. The summed E-state index contributed by atoms with van der Waals surface area (Å²) in [4.78, 5) is 31.5. The molecule has 6 heteroatoms. The lowest BCUT2D eigenvalue weighted by atomic mass is 10.0. The fourth-order valence-electron chi connectivity index (χ4n) is 3.04. The Hall–Kier alpha value is -2.92. The van der Waals surface area contributed by atoms with Gasteiger partial charge in [0, 0.05) is 29.1 Å². The number of likely N-dealkylation sites (N-methyl/N-ethyl adjacent to an activating group) is 2. The summed E-state index contributed by atoms with van der Waals surface area (Å²) in [6.45, 7) is 4.70. The van der Waals surface area contributed by atoms with Crippen LogP contribution in [0.2, 0.25) is 5.02 Å². The Morgan fingerprint density at radius 1 is 1.07 bits per heavy atom. The van der Waals surface area contributed by atoms with Crippen molar-refractivity contribution in [1.29, 1.82) is 0 Å². The Morgan fingerprint density at radius 3 is 2.46 bits per heavy atom. The molecule has 3 rings (SSSR count). The molecular formula is C22H22ClN3O2. The molecule has 0 fully saturated rings. The van der Waals surface area contributed by atoms with Gasteiger partial charge in [-0.05, 0) is 38.1 Å². The third kappa shape index (κ3) is 4.31. The summed E-state index contributed by atoms with van der Waals surface area (Å²) < 4.78 is 0. The van der Waals surface area contributed by atoms with Crippen molar-refractivity contribution in [3.05, 3.63) is 65.2 Å². The lowest BCUT2D eigenvalue weighted by Crippen LogP contribution is -2.40. The predicted molar refractivity (Wildman–Crippen MR) is 112 cm³/mol. The smallest absolute Gasteiger partial charge is 0.255 e. The minimum absolute atomic E-state index is 0.0239. The number of nitrogens with one attached hydrogen (secondary N) is 1. The third-order valence-electron chi connectivity index (χ3n) is 4.46. The Labute approximate surface area is 169 Å². The number of rotatable bonds is 6. The summed E-state index contributed by atoms with van der Waals surface area (Å²) in [5, 5.41) is 4.14. The minimum atomic E-state index is -0.192. The van der Waals surface area contributed by atoms with Crippen LogP contribution < -0.4 is 5.32 Å². The molecule has 5 nitrogen and oxygen atoms in total. The zero-order valence-corrected chi connectivity index (χ0v) is 16.7. The number of pyridine rings is 1. The molecule has 1 aromatic heterocycles. The molecule has 2 amide bonds. The highest BCUT2D eigenvalue weighted by molar-refractivity contribution is 6.30. The molecule has 144 valence electrons. The van der Waals surface area contributed by atoms with Crippen molar-refractivity contribution in [2.45, 2.75) is 13.8 Å². The minimum Gasteiger partial charge on any atom is -0.355 e. The number of halogens is 1. The number of nitrogens with zero attached hydrogens (tertiary/aromatic N) is 2. The van der Waals surface area contributed by atoms with Crippen LogP contribution >= 0.6 is 11.6 Å². The second-order valence-corrected chi connectivity index (χ2v) is 6.79. The summed E-state index contributed by atoms with van der Waals surface area (Å²) in [6, 6.07) is 16.6. The fourth-order valence-corrected chi connectivity index (χ4v) is 3.17. The van der Waals surface area contributed by atoms with Crippen molar-refractivity contribution in [1.82, 2.24) is 15.2 Å². The van der Waals surface area contributed by atoms with E-state index in [0.717, 1.165) is 16.5 Å². The molecule has 3 aromatic rings. The van der Waals surface area contributed by atoms with Gasteiger partial charge >= 0.3 is 0 Å². The Bertz CT molecular complexity index is 1000. The topological polar surface area (TPSA) is 62.3 Å². The van der Waals surface area contributed by atoms with Gasteiger partial charge in [0.2, 0.25) is 5.91 Å². The van der Waals surface area contributed by atoms with E-state index in [1.165, 1.54) is 0 Å². The first kappa shape index (κ1) is 19.8. The van der Waals surface area contributed by atoms with Crippen molar-refractivity contribution in [3.63, 3.8) is 0 Å². The molecular weight excluding hydrogens is 374 g/mol. The fraction of sp³-hybridized carbons (Fsp3) is 0.227. The van der Waals surface area contributed by atoms with Crippen LogP contribution in [0, 0.1) is 0 Å². The van der Waals surface area contributed by atoms with Crippen LogP contribution in [0.5, 0.6) is 0 Å². The summed E-state index contributed by atoms with van der Waals surface area (Å²) in [5.41, 5.74) is 2.82. The number of carbonyl (C=O) groups excluding carboxylic acids is 2. The molecule has 0 aliphatic rings. The Kier molecular flexibility index (Phi) is 6.26. The normalized spacial score (nSPS) is 10.7. The van der Waals surface area contributed by atoms with E-state index >= 15 is 0 Å². The van der Waals surface area contributed by atoms with Gasteiger partial charge in [-0.2, -0.15) is 0 Å². The van der Waals surface area contributed by atoms with Gasteiger partial charge in [0.05, 0.1) is 23.3 Å². The van der Waals surface area contributed by atoms with E-state index < -0.39 is 0 Å². The van der Waals surface area contributed by atoms with E-state index in [1.807, 2.05) is 50.2 Å². The van der Waals surface area contributed by atoms with Crippen molar-refractivity contribution < 1.29 is 9.59 Å². The van der Waals surface area contributed by atoms with E-state index in [0.29, 0.717) is 29.4 Å². The molecule has 0 aliphatic carbocycles. The van der Waals surface area contributed by atoms with Gasteiger partial charge in [-0.3, -0.25) is 9.59 Å². The van der Waals surface area contributed by atoms with E-state index in [-0.39, 0.29) is 18.4 Å². The number of amides is 2. The van der Waals surface area contributed by atoms with Crippen LogP contribution in [0.25, 0.3) is 22.2 Å². The van der Waals surface area contributed by atoms with Gasteiger partial charge in [-0.15, -0.1) is 0 Å². The van der Waals surface area contributed by atoms with Crippen molar-refractivity contribution in [2.24, 2.45) is 0 Å². The Balaban J connectivity index is 2.06. The van der Waals surface area contributed by atoms with Crippen LogP contribution in [-0.2, 0) is 4.79 Å². The molecule has 0 bridgehead atoms. The molecule has 0 aliphatic heterocycles. The van der Waals surface area contributed by atoms with Crippen LogP contribution in [-0.4, -0.2) is 41.3 Å². The highest BCUT2D eigenvalue weighted by Gasteiger charge is 2.20. The summed E-state index contributed by atoms with van der Waals surface area (Å²) in [6.07, 6.45) is 0. The first-order valence-corrected chi connectivity index (χ1v) is 9.63. The number of hydrogen-bond acceptors (Lipinski definition) is 3. The maximum atomic E-state index is 13.3. The number of fused-ring (bicyclic) bond motifs is 1. The van der Waals surface area contributed by atoms with Gasteiger partial charge in [0.15, 0.2) is 0 Å². The molecule has 0 unspecified atom stereocenters.